The second kappa shape index (κ2) is 7.15. The van der Waals surface area contributed by atoms with Crippen LogP contribution in [0.3, 0.4) is 0 Å². The van der Waals surface area contributed by atoms with Crippen LogP contribution in [0.15, 0.2) is 18.2 Å². The van der Waals surface area contributed by atoms with Gasteiger partial charge in [0.1, 0.15) is 0 Å². The Hall–Kier alpha value is -1.54. The van der Waals surface area contributed by atoms with Gasteiger partial charge in [-0.05, 0) is 24.6 Å². The number of hydrogen-bond acceptors (Lipinski definition) is 3. The molecule has 1 atom stereocenters. The summed E-state index contributed by atoms with van der Waals surface area (Å²) in [6.07, 6.45) is 1.03. The van der Waals surface area contributed by atoms with E-state index in [-0.39, 0.29) is 13.1 Å². The van der Waals surface area contributed by atoms with Gasteiger partial charge in [-0.3, -0.25) is 4.79 Å². The van der Waals surface area contributed by atoms with Crippen LogP contribution in [0.5, 0.6) is 0 Å². The molecule has 0 N–H and O–H groups in total. The largest absolute Gasteiger partial charge is 0.338 e. The smallest absolute Gasteiger partial charge is 0.238 e. The molecule has 0 unspecified atom stereocenters. The number of carbonyl (C=O) groups is 1. The van der Waals surface area contributed by atoms with E-state index in [0.29, 0.717) is 5.56 Å². The number of nitrogens with zero attached hydrogens (tertiary/aromatic N) is 2. The van der Waals surface area contributed by atoms with Crippen molar-refractivity contribution in [2.24, 2.45) is 0 Å². The van der Waals surface area contributed by atoms with Gasteiger partial charge in [0.25, 0.3) is 0 Å². The second-order valence-electron chi connectivity index (χ2n) is 5.04. The third kappa shape index (κ3) is 4.48. The van der Waals surface area contributed by atoms with Crippen molar-refractivity contribution in [3.8, 4) is 0 Å². The van der Waals surface area contributed by atoms with Crippen LogP contribution < -0.4 is 0 Å². The Morgan fingerprint density at radius 3 is 2.32 bits per heavy atom. The Morgan fingerprint density at radius 1 is 1.27 bits per heavy atom. The van der Waals surface area contributed by atoms with E-state index in [4.69, 9.17) is 0 Å². The molecule has 1 amide bonds. The number of halogens is 2. The summed E-state index contributed by atoms with van der Waals surface area (Å²) in [5.74, 6) is -2.37. The third-order valence-corrected chi connectivity index (χ3v) is 4.86. The van der Waals surface area contributed by atoms with Crippen LogP contribution in [-0.2, 0) is 14.8 Å². The first-order valence-corrected chi connectivity index (χ1v) is 8.58. The minimum absolute atomic E-state index is 0.179. The highest BCUT2D eigenvalue weighted by molar-refractivity contribution is 7.88. The first-order chi connectivity index (χ1) is 10.1. The fourth-order valence-corrected chi connectivity index (χ4v) is 2.75. The van der Waals surface area contributed by atoms with Gasteiger partial charge in [0.15, 0.2) is 11.6 Å². The van der Waals surface area contributed by atoms with Gasteiger partial charge in [-0.25, -0.2) is 17.2 Å². The number of sulfonamides is 1. The van der Waals surface area contributed by atoms with E-state index in [1.807, 2.05) is 0 Å². The molecule has 0 fully saturated rings. The molecule has 0 aliphatic rings. The Balaban J connectivity index is 2.87. The third-order valence-electron chi connectivity index (χ3n) is 3.53. The fourth-order valence-electron chi connectivity index (χ4n) is 1.94. The summed E-state index contributed by atoms with van der Waals surface area (Å²) in [5.41, 5.74) is 0.428. The summed E-state index contributed by atoms with van der Waals surface area (Å²) in [7, 11) is -1.98. The van der Waals surface area contributed by atoms with E-state index in [1.165, 1.54) is 18.0 Å². The maximum Gasteiger partial charge on any atom is 0.238 e. The van der Waals surface area contributed by atoms with Crippen LogP contribution in [0.1, 0.15) is 25.5 Å². The lowest BCUT2D eigenvalue weighted by Crippen LogP contribution is -2.41. The Labute approximate surface area is 129 Å². The van der Waals surface area contributed by atoms with E-state index in [1.54, 1.807) is 13.8 Å². The average Bonchev–Trinajstić information content (AvgIpc) is 2.44. The lowest BCUT2D eigenvalue weighted by molar-refractivity contribution is -0.132. The van der Waals surface area contributed by atoms with E-state index in [2.05, 4.69) is 0 Å². The highest BCUT2D eigenvalue weighted by atomic mass is 32.2. The average molecular weight is 334 g/mol. The summed E-state index contributed by atoms with van der Waals surface area (Å²) in [6.45, 7) is 3.17. The zero-order valence-corrected chi connectivity index (χ0v) is 13.8. The topological polar surface area (TPSA) is 57.7 Å². The van der Waals surface area contributed by atoms with Gasteiger partial charge in [-0.2, -0.15) is 4.31 Å². The van der Waals surface area contributed by atoms with E-state index >= 15 is 0 Å². The van der Waals surface area contributed by atoms with Crippen LogP contribution in [0.25, 0.3) is 0 Å². The van der Waals surface area contributed by atoms with Crippen molar-refractivity contribution in [3.63, 3.8) is 0 Å². The molecular formula is C14H20F2N2O3S. The molecule has 0 bridgehead atoms. The monoisotopic (exact) mass is 334 g/mol. The van der Waals surface area contributed by atoms with Crippen molar-refractivity contribution in [1.29, 1.82) is 0 Å². The van der Waals surface area contributed by atoms with Crippen LogP contribution in [-0.4, -0.2) is 49.9 Å². The van der Waals surface area contributed by atoms with Crippen LogP contribution in [0.2, 0.25) is 0 Å². The molecule has 5 nitrogen and oxygen atoms in total. The molecular weight excluding hydrogens is 314 g/mol. The Bertz CT molecular complexity index is 649. The van der Waals surface area contributed by atoms with Gasteiger partial charge in [0.05, 0.1) is 18.8 Å². The molecule has 8 heteroatoms. The van der Waals surface area contributed by atoms with Crippen molar-refractivity contribution in [2.75, 3.05) is 26.4 Å². The summed E-state index contributed by atoms with van der Waals surface area (Å²) in [5, 5.41) is 0. The van der Waals surface area contributed by atoms with E-state index in [9.17, 15) is 22.0 Å². The summed E-state index contributed by atoms with van der Waals surface area (Å²) >= 11 is 0. The van der Waals surface area contributed by atoms with Crippen LogP contribution in [0, 0.1) is 11.6 Å². The SMILES string of the molecule is CCN(CC(=O)N(C)[C@H](C)c1ccc(F)c(F)c1)S(C)(=O)=O. The highest BCUT2D eigenvalue weighted by Crippen LogP contribution is 2.21. The number of hydrogen-bond donors (Lipinski definition) is 0. The normalized spacial score (nSPS) is 13.2. The number of benzene rings is 1. The van der Waals surface area contributed by atoms with Gasteiger partial charge in [0.2, 0.25) is 15.9 Å². The Kier molecular flexibility index (Phi) is 6.01. The minimum Gasteiger partial charge on any atom is -0.338 e. The molecule has 0 heterocycles. The minimum atomic E-state index is -3.47. The molecule has 1 aromatic carbocycles. The molecule has 0 aromatic heterocycles. The van der Waals surface area contributed by atoms with Crippen molar-refractivity contribution < 1.29 is 22.0 Å². The molecule has 1 rings (SSSR count). The highest BCUT2D eigenvalue weighted by Gasteiger charge is 2.24. The zero-order valence-electron chi connectivity index (χ0n) is 13.0. The molecule has 0 saturated carbocycles. The number of carbonyl (C=O) groups excluding carboxylic acids is 1. The van der Waals surface area contributed by atoms with Crippen molar-refractivity contribution in [2.45, 2.75) is 19.9 Å². The molecule has 1 aromatic rings. The van der Waals surface area contributed by atoms with E-state index in [0.717, 1.165) is 22.7 Å². The molecule has 0 radical (unpaired) electrons. The fraction of sp³-hybridized carbons (Fsp3) is 0.500. The quantitative estimate of drug-likeness (QED) is 0.797. The molecule has 0 aliphatic carbocycles. The molecule has 0 saturated heterocycles. The van der Waals surface area contributed by atoms with Crippen LogP contribution >= 0.6 is 0 Å². The number of rotatable bonds is 6. The number of amides is 1. The summed E-state index contributed by atoms with van der Waals surface area (Å²) in [4.78, 5) is 13.5. The van der Waals surface area contributed by atoms with Gasteiger partial charge in [-0.15, -0.1) is 0 Å². The predicted octanol–water partition coefficient (Wildman–Crippen LogP) is 1.77. The van der Waals surface area contributed by atoms with Gasteiger partial charge < -0.3 is 4.90 Å². The summed E-state index contributed by atoms with van der Waals surface area (Å²) < 4.78 is 50.3. The summed E-state index contributed by atoms with van der Waals surface area (Å²) in [6, 6.07) is 2.90. The predicted molar refractivity (Wildman–Crippen MR) is 79.6 cm³/mol. The molecule has 0 spiro atoms. The maximum absolute atomic E-state index is 13.3. The zero-order chi connectivity index (χ0) is 17.1. The first kappa shape index (κ1) is 18.5. The lowest BCUT2D eigenvalue weighted by atomic mass is 10.1. The maximum atomic E-state index is 13.3. The molecule has 124 valence electrons. The van der Waals surface area contributed by atoms with Crippen molar-refractivity contribution >= 4 is 15.9 Å². The van der Waals surface area contributed by atoms with Gasteiger partial charge in [-0.1, -0.05) is 13.0 Å². The lowest BCUT2D eigenvalue weighted by Gasteiger charge is -2.28. The molecule has 0 aliphatic heterocycles. The van der Waals surface area contributed by atoms with Gasteiger partial charge in [0, 0.05) is 13.6 Å². The Morgan fingerprint density at radius 2 is 1.86 bits per heavy atom. The van der Waals surface area contributed by atoms with Crippen molar-refractivity contribution in [1.82, 2.24) is 9.21 Å². The van der Waals surface area contributed by atoms with E-state index < -0.39 is 33.6 Å². The second-order valence-corrected chi connectivity index (χ2v) is 7.03. The standard InChI is InChI=1S/C14H20F2N2O3S/c1-5-18(22(4,20)21)9-14(19)17(3)10(2)11-6-7-12(15)13(16)8-11/h6-8,10H,5,9H2,1-4H3/t10-/m1/s1. The van der Waals surface area contributed by atoms with Crippen molar-refractivity contribution in [3.05, 3.63) is 35.4 Å². The first-order valence-electron chi connectivity index (χ1n) is 6.73. The van der Waals surface area contributed by atoms with Crippen LogP contribution in [0.4, 0.5) is 8.78 Å². The molecule has 22 heavy (non-hydrogen) atoms. The van der Waals surface area contributed by atoms with Gasteiger partial charge >= 0.3 is 0 Å². The number of likely N-dealkylation sites (N-methyl/N-ethyl adjacent to an activating group) is 2.